The predicted molar refractivity (Wildman–Crippen MR) is 82.7 cm³/mol. The smallest absolute Gasteiger partial charge is 0.318 e. The van der Waals surface area contributed by atoms with Crippen LogP contribution in [-0.2, 0) is 21.6 Å². The van der Waals surface area contributed by atoms with E-state index in [0.29, 0.717) is 5.75 Å². The van der Waals surface area contributed by atoms with Crippen molar-refractivity contribution in [1.29, 1.82) is 0 Å². The number of halogens is 1. The number of nitrogens with two attached hydrogens (primary N) is 1. The average Bonchev–Trinajstić information content (AvgIpc) is 2.66. The van der Waals surface area contributed by atoms with Gasteiger partial charge in [0.25, 0.3) is 10.2 Å². The van der Waals surface area contributed by atoms with Gasteiger partial charge in [-0.15, -0.1) is 0 Å². The average molecular weight is 342 g/mol. The summed E-state index contributed by atoms with van der Waals surface area (Å²) in [5.74, 6) is -0.715. The Hall–Kier alpha value is -2.46. The molecule has 3 N–H and O–H groups in total. The molecule has 0 saturated heterocycles. The molecule has 0 bridgehead atoms. The summed E-state index contributed by atoms with van der Waals surface area (Å²) in [6.45, 7) is 0.0949. The minimum absolute atomic E-state index is 0.0949. The highest BCUT2D eigenvalue weighted by atomic mass is 32.2. The van der Waals surface area contributed by atoms with Gasteiger partial charge in [-0.25, -0.2) is 14.5 Å². The van der Waals surface area contributed by atoms with Gasteiger partial charge >= 0.3 is 6.02 Å². The van der Waals surface area contributed by atoms with Gasteiger partial charge in [0.05, 0.1) is 7.11 Å². The van der Waals surface area contributed by atoms with E-state index in [-0.39, 0.29) is 19.0 Å². The monoisotopic (exact) mass is 342 g/mol. The lowest BCUT2D eigenvalue weighted by atomic mass is 10.2. The van der Waals surface area contributed by atoms with E-state index in [4.69, 9.17) is 14.6 Å². The van der Waals surface area contributed by atoms with Crippen LogP contribution in [-0.4, -0.2) is 27.8 Å². The summed E-state index contributed by atoms with van der Waals surface area (Å²) in [5, 5.41) is 4.82. The lowest BCUT2D eigenvalue weighted by molar-refractivity contribution is 0.286. The quantitative estimate of drug-likeness (QED) is 0.829. The van der Waals surface area contributed by atoms with Gasteiger partial charge in [-0.2, -0.15) is 13.4 Å². The Morgan fingerprint density at radius 1 is 1.43 bits per heavy atom. The fraction of sp³-hybridized carbons (Fsp3) is 0.231. The van der Waals surface area contributed by atoms with Gasteiger partial charge in [-0.05, 0) is 17.7 Å². The molecule has 0 unspecified atom stereocenters. The minimum Gasteiger partial charge on any atom is -0.497 e. The van der Waals surface area contributed by atoms with E-state index in [1.54, 1.807) is 36.1 Å². The molecule has 0 amide bonds. The molecule has 1 heterocycles. The zero-order valence-electron chi connectivity index (χ0n) is 12.2. The first-order chi connectivity index (χ1) is 10.9. The number of nitrogens with zero attached hydrogens (tertiary/aromatic N) is 2. The van der Waals surface area contributed by atoms with Crippen LogP contribution >= 0.6 is 0 Å². The number of hydrogen-bond acceptors (Lipinski definition) is 6. The number of hydrogen-bond donors (Lipinski definition) is 2. The van der Waals surface area contributed by atoms with Crippen molar-refractivity contribution in [2.24, 2.45) is 15.1 Å². The van der Waals surface area contributed by atoms with Crippen molar-refractivity contribution in [1.82, 2.24) is 4.72 Å². The molecule has 1 aliphatic heterocycles. The van der Waals surface area contributed by atoms with Crippen LogP contribution in [0.1, 0.15) is 12.0 Å². The molecule has 0 aromatic heterocycles. The van der Waals surface area contributed by atoms with Gasteiger partial charge in [0.1, 0.15) is 18.2 Å². The second-order valence-electron chi connectivity index (χ2n) is 4.45. The van der Waals surface area contributed by atoms with Crippen LogP contribution in [0.3, 0.4) is 0 Å². The van der Waals surface area contributed by atoms with Crippen LogP contribution in [0.5, 0.6) is 5.75 Å². The first-order valence-corrected chi connectivity index (χ1v) is 7.98. The van der Waals surface area contributed by atoms with Crippen LogP contribution in [0.25, 0.3) is 0 Å². The maximum atomic E-state index is 13.7. The Kier molecular flexibility index (Phi) is 5.29. The van der Waals surface area contributed by atoms with Crippen LogP contribution in [0.15, 0.2) is 45.9 Å². The van der Waals surface area contributed by atoms with E-state index >= 15 is 0 Å². The Bertz CT molecular complexity index is 774. The molecule has 0 aliphatic carbocycles. The van der Waals surface area contributed by atoms with Gasteiger partial charge in [0, 0.05) is 12.6 Å². The molecule has 8 nitrogen and oxygen atoms in total. The Morgan fingerprint density at radius 3 is 2.91 bits per heavy atom. The van der Waals surface area contributed by atoms with Crippen molar-refractivity contribution < 1.29 is 22.3 Å². The molecule has 0 saturated carbocycles. The number of allylic oxidation sites excluding steroid dienone is 1. The van der Waals surface area contributed by atoms with E-state index < -0.39 is 21.9 Å². The third-order valence-corrected chi connectivity index (χ3v) is 3.16. The van der Waals surface area contributed by atoms with E-state index in [1.807, 2.05) is 0 Å². The molecule has 10 heteroatoms. The molecule has 0 atom stereocenters. The molecule has 0 radical (unpaired) electrons. The topological polar surface area (TPSA) is 115 Å². The fourth-order valence-corrected chi connectivity index (χ4v) is 2.10. The van der Waals surface area contributed by atoms with E-state index in [1.165, 1.54) is 6.21 Å². The van der Waals surface area contributed by atoms with Crippen LogP contribution < -0.4 is 14.6 Å². The van der Waals surface area contributed by atoms with Crippen molar-refractivity contribution in [2.75, 3.05) is 7.11 Å². The predicted octanol–water partition coefficient (Wildman–Crippen LogP) is 0.974. The maximum absolute atomic E-state index is 13.7. The maximum Gasteiger partial charge on any atom is 0.318 e. The van der Waals surface area contributed by atoms with Crippen LogP contribution in [0, 0.1) is 0 Å². The second-order valence-corrected chi connectivity index (χ2v) is 5.75. The summed E-state index contributed by atoms with van der Waals surface area (Å²) >= 11 is 0. The number of benzene rings is 1. The molecule has 1 aliphatic rings. The Morgan fingerprint density at radius 2 is 2.22 bits per heavy atom. The highest BCUT2D eigenvalue weighted by molar-refractivity contribution is 7.87. The van der Waals surface area contributed by atoms with E-state index in [9.17, 15) is 12.8 Å². The molecule has 1 aromatic carbocycles. The van der Waals surface area contributed by atoms with Gasteiger partial charge in [-0.1, -0.05) is 12.1 Å². The summed E-state index contributed by atoms with van der Waals surface area (Å²) in [4.78, 5) is 7.52. The number of ether oxygens (including phenoxy) is 2. The van der Waals surface area contributed by atoms with Crippen LogP contribution in [0.4, 0.5) is 4.39 Å². The molecule has 1 aromatic rings. The Balaban J connectivity index is 2.13. The SMILES string of the molecule is COc1cccc(COC2=NC(NS(N)(=O)=O)=C(F)CC=N2)c1. The van der Waals surface area contributed by atoms with Crippen molar-refractivity contribution in [3.8, 4) is 5.75 Å². The third kappa shape index (κ3) is 5.34. The summed E-state index contributed by atoms with van der Waals surface area (Å²) in [6, 6.07) is 6.91. The minimum atomic E-state index is -4.16. The Labute approximate surface area is 132 Å². The van der Waals surface area contributed by atoms with Gasteiger partial charge in [0.15, 0.2) is 5.82 Å². The first-order valence-electron chi connectivity index (χ1n) is 6.43. The van der Waals surface area contributed by atoms with Crippen molar-refractivity contribution in [2.45, 2.75) is 13.0 Å². The molecule has 2 rings (SSSR count). The van der Waals surface area contributed by atoms with Gasteiger partial charge < -0.3 is 9.47 Å². The summed E-state index contributed by atoms with van der Waals surface area (Å²) in [7, 11) is -2.61. The van der Waals surface area contributed by atoms with Crippen molar-refractivity contribution in [3.05, 3.63) is 41.5 Å². The summed E-state index contributed by atoms with van der Waals surface area (Å²) in [5.41, 5.74) is 0.775. The first kappa shape index (κ1) is 16.9. The van der Waals surface area contributed by atoms with E-state index in [0.717, 1.165) is 5.56 Å². The van der Waals surface area contributed by atoms with E-state index in [2.05, 4.69) is 9.98 Å². The number of amidine groups is 1. The summed E-state index contributed by atoms with van der Waals surface area (Å²) in [6.07, 6.45) is 0.991. The number of methoxy groups -OCH3 is 1. The fourth-order valence-electron chi connectivity index (χ4n) is 1.68. The lowest BCUT2D eigenvalue weighted by Crippen LogP contribution is -2.30. The normalized spacial score (nSPS) is 15.0. The summed E-state index contributed by atoms with van der Waals surface area (Å²) < 4.78 is 48.0. The zero-order valence-corrected chi connectivity index (χ0v) is 13.0. The van der Waals surface area contributed by atoms with Gasteiger partial charge in [-0.3, -0.25) is 4.72 Å². The number of rotatable bonds is 5. The molecule has 23 heavy (non-hydrogen) atoms. The number of nitrogens with one attached hydrogen (secondary N) is 1. The molecular weight excluding hydrogens is 327 g/mol. The zero-order chi connectivity index (χ0) is 16.9. The van der Waals surface area contributed by atoms with Gasteiger partial charge in [0.2, 0.25) is 0 Å². The third-order valence-electron chi connectivity index (χ3n) is 2.68. The highest BCUT2D eigenvalue weighted by Gasteiger charge is 2.15. The van der Waals surface area contributed by atoms with Crippen LogP contribution in [0.2, 0.25) is 0 Å². The molecular formula is C13H15FN4O4S. The second kappa shape index (κ2) is 7.20. The van der Waals surface area contributed by atoms with Crippen molar-refractivity contribution in [3.63, 3.8) is 0 Å². The number of aliphatic imine (C=N–C) groups is 2. The molecule has 0 fully saturated rings. The molecule has 0 spiro atoms. The lowest BCUT2D eigenvalue weighted by Gasteiger charge is -2.08. The highest BCUT2D eigenvalue weighted by Crippen LogP contribution is 2.16. The standard InChI is InChI=1S/C13H15FN4O4S/c1-21-10-4-2-3-9(7-10)8-22-13-16-6-5-11(14)12(17-13)18-23(15,19)20/h2-4,6-7,18H,5,8H2,1H3,(H2,15,19,20). The van der Waals surface area contributed by atoms with Crippen molar-refractivity contribution >= 4 is 22.4 Å². The largest absolute Gasteiger partial charge is 0.497 e. The molecule has 124 valence electrons.